The number of terminal acetylenes is 1. The lowest BCUT2D eigenvalue weighted by Gasteiger charge is -2.26. The molecule has 0 amide bonds. The molecule has 0 aliphatic rings. The van der Waals surface area contributed by atoms with Crippen LogP contribution in [0.1, 0.15) is 33.6 Å². The second-order valence-corrected chi connectivity index (χ2v) is 4.61. The van der Waals surface area contributed by atoms with E-state index < -0.39 is 0 Å². The summed E-state index contributed by atoms with van der Waals surface area (Å²) in [5.74, 6) is 2.66. The molecule has 0 aromatic rings. The van der Waals surface area contributed by atoms with Gasteiger partial charge in [0.1, 0.15) is 0 Å². The fourth-order valence-corrected chi connectivity index (χ4v) is 1.34. The number of nitrogens with zero attached hydrogens (tertiary/aromatic N) is 1. The Labute approximate surface area is 77.1 Å². The van der Waals surface area contributed by atoms with E-state index in [4.69, 9.17) is 6.42 Å². The average Bonchev–Trinajstić information content (AvgIpc) is 1.84. The van der Waals surface area contributed by atoms with Crippen molar-refractivity contribution >= 4 is 0 Å². The molecule has 0 aliphatic heterocycles. The summed E-state index contributed by atoms with van der Waals surface area (Å²) < 4.78 is 0. The van der Waals surface area contributed by atoms with Crippen LogP contribution in [0.5, 0.6) is 0 Å². The van der Waals surface area contributed by atoms with Crippen molar-refractivity contribution in [3.8, 4) is 12.3 Å². The lowest BCUT2D eigenvalue weighted by Crippen LogP contribution is -2.29. The van der Waals surface area contributed by atoms with Gasteiger partial charge in [0.05, 0.1) is 0 Å². The summed E-state index contributed by atoms with van der Waals surface area (Å²) in [7, 11) is 2.15. The van der Waals surface area contributed by atoms with Crippen molar-refractivity contribution in [3.05, 3.63) is 0 Å². The Bertz CT molecular complexity index is 147. The molecule has 0 aromatic carbocycles. The monoisotopic (exact) mass is 167 g/mol. The number of hydrogen-bond donors (Lipinski definition) is 0. The number of unbranched alkanes of at least 4 members (excludes halogenated alkanes) is 1. The highest BCUT2D eigenvalue weighted by molar-refractivity contribution is 4.83. The molecule has 0 bridgehead atoms. The summed E-state index contributed by atoms with van der Waals surface area (Å²) in [6, 6.07) is 0. The molecule has 0 aliphatic carbocycles. The molecule has 0 saturated heterocycles. The maximum Gasteiger partial charge on any atom is 0.00982 e. The van der Waals surface area contributed by atoms with Crippen LogP contribution in [0.25, 0.3) is 0 Å². The van der Waals surface area contributed by atoms with Crippen molar-refractivity contribution < 1.29 is 0 Å². The van der Waals surface area contributed by atoms with Crippen molar-refractivity contribution in [1.29, 1.82) is 0 Å². The Balaban J connectivity index is 3.48. The number of hydrogen-bond acceptors (Lipinski definition) is 1. The minimum atomic E-state index is 0.394. The van der Waals surface area contributed by atoms with Gasteiger partial charge in [-0.1, -0.05) is 20.8 Å². The van der Waals surface area contributed by atoms with Gasteiger partial charge in [-0.15, -0.1) is 12.3 Å². The molecule has 0 fully saturated rings. The van der Waals surface area contributed by atoms with Crippen LogP contribution in [0, 0.1) is 17.8 Å². The summed E-state index contributed by atoms with van der Waals surface area (Å²) in [6.45, 7) is 9.01. The van der Waals surface area contributed by atoms with E-state index in [-0.39, 0.29) is 0 Å². The third-order valence-electron chi connectivity index (χ3n) is 1.61. The first kappa shape index (κ1) is 11.5. The fraction of sp³-hybridized carbons (Fsp3) is 0.818. The molecule has 0 spiro atoms. The second-order valence-electron chi connectivity index (χ2n) is 4.61. The van der Waals surface area contributed by atoms with Crippen molar-refractivity contribution in [2.75, 3.05) is 20.1 Å². The molecule has 1 nitrogen and oxygen atoms in total. The molecular weight excluding hydrogens is 146 g/mol. The van der Waals surface area contributed by atoms with E-state index in [9.17, 15) is 0 Å². The zero-order valence-corrected chi connectivity index (χ0v) is 8.85. The quantitative estimate of drug-likeness (QED) is 0.459. The van der Waals surface area contributed by atoms with Crippen molar-refractivity contribution in [1.82, 2.24) is 4.90 Å². The first-order valence-electron chi connectivity index (χ1n) is 4.58. The molecule has 1 heteroatoms. The summed E-state index contributed by atoms with van der Waals surface area (Å²) in [5, 5.41) is 0. The zero-order chi connectivity index (χ0) is 9.61. The fourth-order valence-electron chi connectivity index (χ4n) is 1.34. The largest absolute Gasteiger partial charge is 0.306 e. The third kappa shape index (κ3) is 7.63. The van der Waals surface area contributed by atoms with Gasteiger partial charge in [0.25, 0.3) is 0 Å². The molecule has 0 heterocycles. The van der Waals surface area contributed by atoms with E-state index in [1.165, 1.54) is 0 Å². The highest BCUT2D eigenvalue weighted by Gasteiger charge is 2.12. The van der Waals surface area contributed by atoms with Gasteiger partial charge in [-0.25, -0.2) is 0 Å². The molecule has 0 aromatic heterocycles. The van der Waals surface area contributed by atoms with Gasteiger partial charge in [-0.05, 0) is 25.4 Å². The van der Waals surface area contributed by atoms with Gasteiger partial charge in [0.15, 0.2) is 0 Å². The summed E-state index contributed by atoms with van der Waals surface area (Å²) in [4.78, 5) is 2.34. The Hall–Kier alpha value is -0.480. The Kier molecular flexibility index (Phi) is 5.01. The van der Waals surface area contributed by atoms with Crippen LogP contribution in [-0.2, 0) is 0 Å². The molecule has 0 rings (SSSR count). The van der Waals surface area contributed by atoms with Gasteiger partial charge in [0.2, 0.25) is 0 Å². The van der Waals surface area contributed by atoms with Crippen LogP contribution in [0.3, 0.4) is 0 Å². The lowest BCUT2D eigenvalue weighted by atomic mass is 9.96. The van der Waals surface area contributed by atoms with Crippen molar-refractivity contribution in [2.24, 2.45) is 5.41 Å². The summed E-state index contributed by atoms with van der Waals surface area (Å²) >= 11 is 0. The SMILES string of the molecule is C#CCCCN(C)CC(C)(C)C. The summed E-state index contributed by atoms with van der Waals surface area (Å²) in [5.41, 5.74) is 0.394. The topological polar surface area (TPSA) is 3.24 Å². The first-order valence-corrected chi connectivity index (χ1v) is 4.58. The summed E-state index contributed by atoms with van der Waals surface area (Å²) in [6.07, 6.45) is 7.18. The van der Waals surface area contributed by atoms with Gasteiger partial charge in [-0.2, -0.15) is 0 Å². The van der Waals surface area contributed by atoms with E-state index >= 15 is 0 Å². The predicted octanol–water partition coefficient (Wildman–Crippen LogP) is 2.38. The van der Waals surface area contributed by atoms with Crippen LogP contribution in [0.4, 0.5) is 0 Å². The highest BCUT2D eigenvalue weighted by Crippen LogP contribution is 2.14. The molecule has 0 saturated carbocycles. The Morgan fingerprint density at radius 1 is 1.33 bits per heavy atom. The normalized spacial score (nSPS) is 11.7. The molecule has 12 heavy (non-hydrogen) atoms. The maximum absolute atomic E-state index is 5.17. The third-order valence-corrected chi connectivity index (χ3v) is 1.61. The molecule has 0 radical (unpaired) electrons. The van der Waals surface area contributed by atoms with Crippen LogP contribution < -0.4 is 0 Å². The Morgan fingerprint density at radius 2 is 1.92 bits per heavy atom. The second kappa shape index (κ2) is 5.22. The van der Waals surface area contributed by atoms with E-state index in [1.807, 2.05) is 0 Å². The van der Waals surface area contributed by atoms with Gasteiger partial charge in [0, 0.05) is 13.0 Å². The van der Waals surface area contributed by atoms with Crippen LogP contribution in [-0.4, -0.2) is 25.0 Å². The molecule has 0 N–H and O–H groups in total. The first-order chi connectivity index (χ1) is 5.45. The predicted molar refractivity (Wildman–Crippen MR) is 55.0 cm³/mol. The van der Waals surface area contributed by atoms with E-state index in [0.717, 1.165) is 25.9 Å². The van der Waals surface area contributed by atoms with Crippen LogP contribution in [0.2, 0.25) is 0 Å². The van der Waals surface area contributed by atoms with Gasteiger partial charge >= 0.3 is 0 Å². The van der Waals surface area contributed by atoms with Crippen molar-refractivity contribution in [3.63, 3.8) is 0 Å². The molecule has 70 valence electrons. The molecule has 0 atom stereocenters. The average molecular weight is 167 g/mol. The minimum Gasteiger partial charge on any atom is -0.306 e. The van der Waals surface area contributed by atoms with Crippen LogP contribution in [0.15, 0.2) is 0 Å². The lowest BCUT2D eigenvalue weighted by molar-refractivity contribution is 0.226. The van der Waals surface area contributed by atoms with E-state index in [1.54, 1.807) is 0 Å². The Morgan fingerprint density at radius 3 is 2.33 bits per heavy atom. The maximum atomic E-state index is 5.17. The van der Waals surface area contributed by atoms with E-state index in [0.29, 0.717) is 5.41 Å². The molecule has 0 unspecified atom stereocenters. The van der Waals surface area contributed by atoms with E-state index in [2.05, 4.69) is 38.6 Å². The van der Waals surface area contributed by atoms with Crippen LogP contribution >= 0.6 is 0 Å². The minimum absolute atomic E-state index is 0.394. The molecular formula is C11H21N. The van der Waals surface area contributed by atoms with Gasteiger partial charge in [-0.3, -0.25) is 0 Å². The number of rotatable bonds is 4. The standard InChI is InChI=1S/C11H21N/c1-6-7-8-9-12(5)10-11(2,3)4/h1H,7-10H2,2-5H3. The highest BCUT2D eigenvalue weighted by atomic mass is 15.1. The van der Waals surface area contributed by atoms with Gasteiger partial charge < -0.3 is 4.90 Å². The zero-order valence-electron chi connectivity index (χ0n) is 8.85. The smallest absolute Gasteiger partial charge is 0.00982 e. The van der Waals surface area contributed by atoms with Crippen molar-refractivity contribution in [2.45, 2.75) is 33.6 Å².